The summed E-state index contributed by atoms with van der Waals surface area (Å²) in [7, 11) is -3.18. The molecule has 0 aliphatic carbocycles. The number of carbonyl (C=O) groups excluding carboxylic acids is 1. The fourth-order valence-electron chi connectivity index (χ4n) is 6.36. The summed E-state index contributed by atoms with van der Waals surface area (Å²) < 4.78 is 26.3. The van der Waals surface area contributed by atoms with E-state index in [1.807, 2.05) is 30.7 Å². The lowest BCUT2D eigenvalue weighted by molar-refractivity contribution is 0.100. The van der Waals surface area contributed by atoms with E-state index in [0.29, 0.717) is 24.7 Å². The maximum atomic E-state index is 12.5. The van der Waals surface area contributed by atoms with Crippen molar-refractivity contribution < 1.29 is 13.2 Å². The van der Waals surface area contributed by atoms with Crippen LogP contribution in [-0.2, 0) is 16.6 Å². The van der Waals surface area contributed by atoms with Crippen LogP contribution in [0.3, 0.4) is 0 Å². The highest BCUT2D eigenvalue weighted by Crippen LogP contribution is 2.39. The molecule has 3 aromatic heterocycles. The summed E-state index contributed by atoms with van der Waals surface area (Å²) in [5, 5.41) is 3.16. The monoisotopic (exact) mass is 577 g/mol. The van der Waals surface area contributed by atoms with Gasteiger partial charge in [0.2, 0.25) is 10.0 Å². The van der Waals surface area contributed by atoms with E-state index in [-0.39, 0.29) is 11.7 Å². The minimum atomic E-state index is -3.18. The summed E-state index contributed by atoms with van der Waals surface area (Å²) in [6.45, 7) is 4.66. The molecule has 10 heteroatoms. The van der Waals surface area contributed by atoms with E-state index in [4.69, 9.17) is 5.73 Å². The second-order valence-electron chi connectivity index (χ2n) is 10.8. The van der Waals surface area contributed by atoms with Gasteiger partial charge in [-0.05, 0) is 97.0 Å². The Balaban J connectivity index is 1.27. The highest BCUT2D eigenvalue weighted by Gasteiger charge is 2.30. The van der Waals surface area contributed by atoms with Crippen LogP contribution in [0.1, 0.15) is 70.9 Å². The summed E-state index contributed by atoms with van der Waals surface area (Å²) in [6.07, 6.45) is 9.59. The zero-order valence-electron chi connectivity index (χ0n) is 22.7. The van der Waals surface area contributed by atoms with Gasteiger partial charge in [-0.25, -0.2) is 12.7 Å². The number of fused-ring (bicyclic) bond motifs is 1. The first kappa shape index (κ1) is 27.1. The summed E-state index contributed by atoms with van der Waals surface area (Å²) >= 11 is 1.74. The fourth-order valence-corrected chi connectivity index (χ4v) is 8.41. The van der Waals surface area contributed by atoms with Crippen LogP contribution in [-0.4, -0.2) is 58.9 Å². The predicted molar refractivity (Wildman–Crippen MR) is 160 cm³/mol. The number of H-pyrrole nitrogens is 1. The molecule has 2 saturated heterocycles. The van der Waals surface area contributed by atoms with Gasteiger partial charge in [0, 0.05) is 54.5 Å². The molecule has 1 aromatic carbocycles. The fraction of sp³-hybridized carbons (Fsp3) is 0.400. The number of rotatable bonds is 8. The average Bonchev–Trinajstić information content (AvgIpc) is 3.73. The van der Waals surface area contributed by atoms with Crippen molar-refractivity contribution in [2.24, 2.45) is 5.73 Å². The van der Waals surface area contributed by atoms with Gasteiger partial charge in [0.05, 0.1) is 16.8 Å². The van der Waals surface area contributed by atoms with Crippen LogP contribution in [0.5, 0.6) is 0 Å². The molecule has 0 bridgehead atoms. The molecule has 2 fully saturated rings. The van der Waals surface area contributed by atoms with E-state index in [0.717, 1.165) is 59.9 Å². The smallest absolute Gasteiger partial charge is 0.250 e. The van der Waals surface area contributed by atoms with Gasteiger partial charge in [-0.2, -0.15) is 0 Å². The molecule has 6 rings (SSSR count). The molecular weight excluding hydrogens is 542 g/mol. The van der Waals surface area contributed by atoms with E-state index in [9.17, 15) is 13.2 Å². The van der Waals surface area contributed by atoms with Crippen LogP contribution >= 0.6 is 11.3 Å². The number of piperidine rings is 1. The van der Waals surface area contributed by atoms with Crippen molar-refractivity contribution in [2.45, 2.75) is 51.1 Å². The Hall–Kier alpha value is -3.05. The Labute approximate surface area is 239 Å². The number of nitrogens with one attached hydrogen (secondary N) is 1. The van der Waals surface area contributed by atoms with Gasteiger partial charge in [0.1, 0.15) is 0 Å². The zero-order chi connectivity index (χ0) is 27.9. The second kappa shape index (κ2) is 11.1. The van der Waals surface area contributed by atoms with Crippen molar-refractivity contribution in [2.75, 3.05) is 25.4 Å². The standard InChI is InChI=1S/C30H35N5O3S2/c1-2-40(37,38)35-11-7-20(8-12-35)27-17-33-29-25(27)14-22(15-26(29)30(31)36)23-13-24(39-19-23)18-34-10-4-6-28(34)21-5-3-9-32-16-21/h3,5,9,13-17,19-20,28,33H,2,4,6-8,10-12,18H2,1H3,(H2,31,36). The number of aromatic nitrogens is 2. The van der Waals surface area contributed by atoms with Crippen LogP contribution in [0.15, 0.2) is 54.3 Å². The molecule has 0 spiro atoms. The highest BCUT2D eigenvalue weighted by atomic mass is 32.2. The molecule has 1 amide bonds. The number of aromatic amines is 1. The van der Waals surface area contributed by atoms with Crippen molar-refractivity contribution in [3.63, 3.8) is 0 Å². The molecule has 8 nitrogen and oxygen atoms in total. The lowest BCUT2D eigenvalue weighted by Gasteiger charge is -2.31. The first-order chi connectivity index (χ1) is 19.3. The lowest BCUT2D eigenvalue weighted by Crippen LogP contribution is -2.38. The second-order valence-corrected chi connectivity index (χ2v) is 14.1. The molecule has 210 valence electrons. The molecule has 5 heterocycles. The molecule has 1 unspecified atom stereocenters. The maximum Gasteiger partial charge on any atom is 0.250 e. The third-order valence-corrected chi connectivity index (χ3v) is 11.3. The summed E-state index contributed by atoms with van der Waals surface area (Å²) in [5.41, 5.74) is 11.5. The van der Waals surface area contributed by atoms with Gasteiger partial charge in [0.25, 0.3) is 5.91 Å². The predicted octanol–water partition coefficient (Wildman–Crippen LogP) is 5.26. The normalized spacial score (nSPS) is 19.5. The Morgan fingerprint density at radius 1 is 1.15 bits per heavy atom. The van der Waals surface area contributed by atoms with Crippen LogP contribution in [0.2, 0.25) is 0 Å². The number of sulfonamides is 1. The summed E-state index contributed by atoms with van der Waals surface area (Å²) in [5.74, 6) is -0.123. The van der Waals surface area contributed by atoms with Crippen molar-refractivity contribution in [3.05, 3.63) is 75.9 Å². The minimum Gasteiger partial charge on any atom is -0.366 e. The number of nitrogens with two attached hydrogens (primary N) is 1. The van der Waals surface area contributed by atoms with Crippen LogP contribution < -0.4 is 5.73 Å². The van der Waals surface area contributed by atoms with E-state index in [2.05, 4.69) is 38.4 Å². The topological polar surface area (TPSA) is 112 Å². The maximum absolute atomic E-state index is 12.5. The molecule has 3 N–H and O–H groups in total. The molecule has 1 atom stereocenters. The number of hydrogen-bond acceptors (Lipinski definition) is 6. The van der Waals surface area contributed by atoms with Gasteiger partial charge >= 0.3 is 0 Å². The molecule has 0 saturated carbocycles. The number of carbonyl (C=O) groups is 1. The van der Waals surface area contributed by atoms with Crippen LogP contribution in [0.25, 0.3) is 22.0 Å². The molecule has 0 radical (unpaired) electrons. The van der Waals surface area contributed by atoms with Gasteiger partial charge in [0.15, 0.2) is 0 Å². The number of pyridine rings is 1. The van der Waals surface area contributed by atoms with E-state index >= 15 is 0 Å². The van der Waals surface area contributed by atoms with E-state index in [1.54, 1.807) is 22.6 Å². The number of hydrogen-bond donors (Lipinski definition) is 2. The largest absolute Gasteiger partial charge is 0.366 e. The van der Waals surface area contributed by atoms with E-state index in [1.165, 1.54) is 16.9 Å². The first-order valence-electron chi connectivity index (χ1n) is 14.0. The highest BCUT2D eigenvalue weighted by molar-refractivity contribution is 7.89. The Morgan fingerprint density at radius 2 is 1.98 bits per heavy atom. The molecule has 40 heavy (non-hydrogen) atoms. The van der Waals surface area contributed by atoms with Gasteiger partial charge in [-0.3, -0.25) is 14.7 Å². The number of primary amides is 1. The van der Waals surface area contributed by atoms with Crippen molar-refractivity contribution in [3.8, 4) is 11.1 Å². The third-order valence-electron chi connectivity index (χ3n) is 8.52. The number of benzene rings is 1. The van der Waals surface area contributed by atoms with Crippen molar-refractivity contribution >= 4 is 38.2 Å². The zero-order valence-corrected chi connectivity index (χ0v) is 24.3. The Bertz CT molecular complexity index is 1620. The van der Waals surface area contributed by atoms with Crippen molar-refractivity contribution in [1.29, 1.82) is 0 Å². The molecule has 4 aromatic rings. The number of likely N-dealkylation sites (tertiary alicyclic amines) is 1. The average molecular weight is 578 g/mol. The Kier molecular flexibility index (Phi) is 7.52. The van der Waals surface area contributed by atoms with Gasteiger partial charge < -0.3 is 10.7 Å². The van der Waals surface area contributed by atoms with Crippen molar-refractivity contribution in [1.82, 2.24) is 19.2 Å². The summed E-state index contributed by atoms with van der Waals surface area (Å²) in [4.78, 5) is 23.9. The SMILES string of the molecule is CCS(=O)(=O)N1CCC(c2c[nH]c3c(C(N)=O)cc(-c4csc(CN5CCCC5c5cccnc5)c4)cc23)CC1. The van der Waals surface area contributed by atoms with Gasteiger partial charge in [-0.15, -0.1) is 11.3 Å². The number of amides is 1. The van der Waals surface area contributed by atoms with E-state index < -0.39 is 15.9 Å². The number of nitrogens with zero attached hydrogens (tertiary/aromatic N) is 3. The summed E-state index contributed by atoms with van der Waals surface area (Å²) in [6, 6.07) is 10.8. The third kappa shape index (κ3) is 5.21. The van der Waals surface area contributed by atoms with Crippen LogP contribution in [0, 0.1) is 0 Å². The van der Waals surface area contributed by atoms with Crippen LogP contribution in [0.4, 0.5) is 0 Å². The molecule has 2 aliphatic rings. The number of thiophene rings is 1. The molecule has 2 aliphatic heterocycles. The lowest BCUT2D eigenvalue weighted by atomic mass is 9.88. The van der Waals surface area contributed by atoms with Gasteiger partial charge in [-0.1, -0.05) is 6.07 Å². The first-order valence-corrected chi connectivity index (χ1v) is 16.5. The Morgan fingerprint density at radius 3 is 2.70 bits per heavy atom. The minimum absolute atomic E-state index is 0.126. The molecular formula is C30H35N5O3S2. The quantitative estimate of drug-likeness (QED) is 0.297.